The molecule has 0 amide bonds. The molecule has 0 heterocycles. The predicted octanol–water partition coefficient (Wildman–Crippen LogP) is 7.04. The number of allylic oxidation sites excluding steroid dienone is 5. The van der Waals surface area contributed by atoms with Crippen LogP contribution in [0.25, 0.3) is 0 Å². The molecular weight excluding hydrogens is 315 g/mol. The van der Waals surface area contributed by atoms with Crippen LogP contribution >= 0.6 is 8.58 Å². The van der Waals surface area contributed by atoms with Crippen LogP contribution in [0.5, 0.6) is 0 Å². The molecule has 0 aromatic heterocycles. The maximum atomic E-state index is 5.53. The van der Waals surface area contributed by atoms with Crippen LogP contribution in [0, 0.1) is 5.92 Å². The fraction of sp³-hybridized carbons (Fsp3) is 0.714. The minimum Gasteiger partial charge on any atom is -0.498 e. The lowest BCUT2D eigenvalue weighted by Crippen LogP contribution is -1.96. The monoisotopic (exact) mass is 354 g/mol. The van der Waals surface area contributed by atoms with E-state index >= 15 is 0 Å². The van der Waals surface area contributed by atoms with Crippen molar-refractivity contribution in [1.82, 2.24) is 0 Å². The lowest BCUT2D eigenvalue weighted by Gasteiger charge is -2.15. The molecule has 3 heteroatoms. The molecule has 0 aromatic rings. The van der Waals surface area contributed by atoms with E-state index < -0.39 is 0 Å². The second-order valence-electron chi connectivity index (χ2n) is 6.45. The molecule has 0 aliphatic rings. The normalized spacial score (nSPS) is 15.6. The molecule has 0 radical (unpaired) electrons. The van der Waals surface area contributed by atoms with Crippen molar-refractivity contribution in [2.24, 2.45) is 5.92 Å². The summed E-state index contributed by atoms with van der Waals surface area (Å²) in [6.45, 7) is 11.0. The number of ether oxygens (including phenoxy) is 2. The number of methoxy groups -OCH3 is 2. The Kier molecular flexibility index (Phi) is 14.1. The summed E-state index contributed by atoms with van der Waals surface area (Å²) in [5, 5.41) is 1.48. The maximum Gasteiger partial charge on any atom is 0.156 e. The van der Waals surface area contributed by atoms with Gasteiger partial charge in [0.1, 0.15) is 5.76 Å². The second kappa shape index (κ2) is 14.6. The van der Waals surface area contributed by atoms with Crippen LogP contribution in [0.15, 0.2) is 34.6 Å². The van der Waals surface area contributed by atoms with Crippen molar-refractivity contribution < 1.29 is 9.47 Å². The largest absolute Gasteiger partial charge is 0.498 e. The molecular formula is C21H39O2P. The zero-order valence-corrected chi connectivity index (χ0v) is 18.0. The summed E-state index contributed by atoms with van der Waals surface area (Å²) >= 11 is 0. The van der Waals surface area contributed by atoms with Crippen LogP contribution in [0.3, 0.4) is 0 Å². The minimum atomic E-state index is 0.806. The highest BCUT2D eigenvalue weighted by molar-refractivity contribution is 7.43. The first-order valence-corrected chi connectivity index (χ1v) is 10.6. The molecule has 140 valence electrons. The maximum absolute atomic E-state index is 5.53. The van der Waals surface area contributed by atoms with Crippen molar-refractivity contribution in [2.75, 3.05) is 20.4 Å². The molecule has 2 unspecified atom stereocenters. The smallest absolute Gasteiger partial charge is 0.156 e. The Morgan fingerprint density at radius 3 is 2.38 bits per heavy atom. The summed E-state index contributed by atoms with van der Waals surface area (Å²) in [4.78, 5) is 0. The standard InChI is InChI=1S/C21H39O2P/c1-8-11-14-24-20(16-21(23-7)18(5)22-6)15-19(10-3)13-12-17(4)9-2/h10,16-17,24H,8-9,11-15H2,1-7H3/b19-10+,20-16-,21-18-. The summed E-state index contributed by atoms with van der Waals surface area (Å²) in [5.74, 6) is 2.51. The van der Waals surface area contributed by atoms with Crippen molar-refractivity contribution in [3.8, 4) is 0 Å². The predicted molar refractivity (Wildman–Crippen MR) is 110 cm³/mol. The van der Waals surface area contributed by atoms with E-state index in [0.29, 0.717) is 0 Å². The van der Waals surface area contributed by atoms with E-state index in [1.807, 2.05) is 6.92 Å². The van der Waals surface area contributed by atoms with Crippen molar-refractivity contribution in [3.63, 3.8) is 0 Å². The lowest BCUT2D eigenvalue weighted by molar-refractivity contribution is 0.232. The molecule has 2 nitrogen and oxygen atoms in total. The number of hydrogen-bond acceptors (Lipinski definition) is 2. The second-order valence-corrected chi connectivity index (χ2v) is 7.95. The molecule has 0 rings (SSSR count). The molecule has 0 aliphatic heterocycles. The van der Waals surface area contributed by atoms with Gasteiger partial charge in [0.2, 0.25) is 0 Å². The zero-order valence-electron chi connectivity index (χ0n) is 17.0. The Bertz CT molecular complexity index is 422. The van der Waals surface area contributed by atoms with Crippen LogP contribution in [-0.2, 0) is 9.47 Å². The molecule has 24 heavy (non-hydrogen) atoms. The summed E-state index contributed by atoms with van der Waals surface area (Å²) in [6, 6.07) is 0. The Morgan fingerprint density at radius 1 is 1.17 bits per heavy atom. The highest BCUT2D eigenvalue weighted by atomic mass is 31.1. The van der Waals surface area contributed by atoms with Gasteiger partial charge in [-0.05, 0) is 63.0 Å². The van der Waals surface area contributed by atoms with Crippen LogP contribution < -0.4 is 0 Å². The first kappa shape index (κ1) is 23.2. The van der Waals surface area contributed by atoms with E-state index in [1.165, 1.54) is 43.6 Å². The Labute approximate surface area is 152 Å². The van der Waals surface area contributed by atoms with Gasteiger partial charge >= 0.3 is 0 Å². The fourth-order valence-electron chi connectivity index (χ4n) is 2.37. The Hall–Kier alpha value is -0.750. The van der Waals surface area contributed by atoms with Gasteiger partial charge in [0, 0.05) is 0 Å². The molecule has 0 fully saturated rings. The van der Waals surface area contributed by atoms with Crippen molar-refractivity contribution in [1.29, 1.82) is 0 Å². The first-order chi connectivity index (χ1) is 11.5. The summed E-state index contributed by atoms with van der Waals surface area (Å²) in [7, 11) is 4.29. The van der Waals surface area contributed by atoms with Gasteiger partial charge in [0.15, 0.2) is 5.76 Å². The van der Waals surface area contributed by atoms with Crippen LogP contribution in [0.1, 0.15) is 73.1 Å². The lowest BCUT2D eigenvalue weighted by atomic mass is 9.97. The van der Waals surface area contributed by atoms with E-state index in [4.69, 9.17) is 9.47 Å². The third-order valence-corrected chi connectivity index (χ3v) is 5.92. The molecule has 0 N–H and O–H groups in total. The van der Waals surface area contributed by atoms with Crippen LogP contribution in [-0.4, -0.2) is 20.4 Å². The van der Waals surface area contributed by atoms with E-state index in [0.717, 1.165) is 32.4 Å². The molecule has 0 aromatic carbocycles. The Balaban J connectivity index is 5.11. The van der Waals surface area contributed by atoms with Crippen molar-refractivity contribution in [2.45, 2.75) is 73.1 Å². The molecule has 0 saturated heterocycles. The van der Waals surface area contributed by atoms with Gasteiger partial charge in [-0.15, -0.1) is 0 Å². The molecule has 0 saturated carbocycles. The molecule has 0 spiro atoms. The quantitative estimate of drug-likeness (QED) is 0.116. The molecule has 0 aliphatic carbocycles. The zero-order chi connectivity index (χ0) is 18.4. The number of rotatable bonds is 13. The van der Waals surface area contributed by atoms with Crippen LogP contribution in [0.2, 0.25) is 0 Å². The van der Waals surface area contributed by atoms with E-state index in [2.05, 4.69) is 39.8 Å². The third-order valence-electron chi connectivity index (χ3n) is 4.54. The summed E-state index contributed by atoms with van der Waals surface area (Å²) in [5.41, 5.74) is 1.55. The third kappa shape index (κ3) is 10.2. The van der Waals surface area contributed by atoms with Gasteiger partial charge in [0.25, 0.3) is 0 Å². The molecule has 0 bridgehead atoms. The van der Waals surface area contributed by atoms with Gasteiger partial charge in [-0.1, -0.05) is 53.8 Å². The van der Waals surface area contributed by atoms with Gasteiger partial charge in [-0.2, -0.15) is 0 Å². The van der Waals surface area contributed by atoms with E-state index in [-0.39, 0.29) is 0 Å². The molecule has 2 atom stereocenters. The minimum absolute atomic E-state index is 0.806. The summed E-state index contributed by atoms with van der Waals surface area (Å²) < 4.78 is 10.9. The number of hydrogen-bond donors (Lipinski definition) is 0. The highest BCUT2D eigenvalue weighted by Gasteiger charge is 2.08. The summed E-state index contributed by atoms with van der Waals surface area (Å²) in [6.07, 6.45) is 13.2. The first-order valence-electron chi connectivity index (χ1n) is 9.39. The van der Waals surface area contributed by atoms with Crippen molar-refractivity contribution in [3.05, 3.63) is 34.6 Å². The Morgan fingerprint density at radius 2 is 1.88 bits per heavy atom. The van der Waals surface area contributed by atoms with Gasteiger partial charge in [-0.3, -0.25) is 0 Å². The van der Waals surface area contributed by atoms with Crippen molar-refractivity contribution >= 4 is 8.58 Å². The van der Waals surface area contributed by atoms with E-state index in [1.54, 1.807) is 19.8 Å². The highest BCUT2D eigenvalue weighted by Crippen LogP contribution is 2.34. The van der Waals surface area contributed by atoms with Gasteiger partial charge < -0.3 is 9.47 Å². The average molecular weight is 355 g/mol. The van der Waals surface area contributed by atoms with Gasteiger partial charge in [0.05, 0.1) is 14.2 Å². The SMILES string of the molecule is C/C=C(\CCC(C)CC)C/C(=C/C(OC)=C(\C)OC)PCCCC. The van der Waals surface area contributed by atoms with Crippen LogP contribution in [0.4, 0.5) is 0 Å². The topological polar surface area (TPSA) is 18.5 Å². The van der Waals surface area contributed by atoms with Gasteiger partial charge in [-0.25, -0.2) is 0 Å². The fourth-order valence-corrected chi connectivity index (χ4v) is 3.81. The number of unbranched alkanes of at least 4 members (excludes halogenated alkanes) is 1. The average Bonchev–Trinajstić information content (AvgIpc) is 2.61. The van der Waals surface area contributed by atoms with E-state index in [9.17, 15) is 0 Å².